The van der Waals surface area contributed by atoms with Crippen LogP contribution in [-0.4, -0.2) is 27.3 Å². The Kier molecular flexibility index (Phi) is 2.91. The largest absolute Gasteiger partial charge is 0.475 e. The van der Waals surface area contributed by atoms with Gasteiger partial charge in [0.05, 0.1) is 0 Å². The van der Waals surface area contributed by atoms with Gasteiger partial charge in [-0.15, -0.1) is 0 Å². The molecular formula is C12H8N2O3. The quantitative estimate of drug-likeness (QED) is 0.808. The van der Waals surface area contributed by atoms with Gasteiger partial charge in [0.1, 0.15) is 6.29 Å². The van der Waals surface area contributed by atoms with E-state index in [0.29, 0.717) is 11.1 Å². The van der Waals surface area contributed by atoms with Crippen molar-refractivity contribution in [2.24, 2.45) is 0 Å². The number of carbonyl (C=O) groups excluding carboxylic acids is 1. The maximum atomic E-state index is 10.6. The van der Waals surface area contributed by atoms with Gasteiger partial charge in [0.25, 0.3) is 0 Å². The van der Waals surface area contributed by atoms with E-state index in [4.69, 9.17) is 5.11 Å². The maximum Gasteiger partial charge on any atom is 0.373 e. The van der Waals surface area contributed by atoms with Crippen molar-refractivity contribution >= 4 is 12.3 Å². The zero-order valence-corrected chi connectivity index (χ0v) is 8.70. The molecule has 2 aromatic rings. The fraction of sp³-hybridized carbons (Fsp3) is 0. The van der Waals surface area contributed by atoms with E-state index in [2.05, 4.69) is 9.97 Å². The number of hydrogen-bond donors (Lipinski definition) is 1. The zero-order valence-electron chi connectivity index (χ0n) is 8.70. The normalized spacial score (nSPS) is 9.88. The molecule has 0 fully saturated rings. The molecule has 17 heavy (non-hydrogen) atoms. The Labute approximate surface area is 96.8 Å². The number of benzene rings is 1. The van der Waals surface area contributed by atoms with Crippen LogP contribution in [0.2, 0.25) is 0 Å². The fourth-order valence-corrected chi connectivity index (χ4v) is 1.38. The molecule has 0 saturated carbocycles. The van der Waals surface area contributed by atoms with Gasteiger partial charge in [0, 0.05) is 23.5 Å². The molecule has 1 aromatic carbocycles. The second-order valence-corrected chi connectivity index (χ2v) is 3.34. The Hall–Kier alpha value is -2.56. The summed E-state index contributed by atoms with van der Waals surface area (Å²) in [4.78, 5) is 28.6. The van der Waals surface area contributed by atoms with E-state index in [1.54, 1.807) is 24.3 Å². The minimum absolute atomic E-state index is 0.250. The van der Waals surface area contributed by atoms with Gasteiger partial charge < -0.3 is 5.11 Å². The summed E-state index contributed by atoms with van der Waals surface area (Å²) in [6, 6.07) is 6.91. The summed E-state index contributed by atoms with van der Waals surface area (Å²) in [6.07, 6.45) is 3.58. The number of carbonyl (C=O) groups is 2. The Morgan fingerprint density at radius 2 is 1.88 bits per heavy atom. The molecule has 2 rings (SSSR count). The molecule has 0 bridgehead atoms. The van der Waals surface area contributed by atoms with Crippen LogP contribution in [-0.2, 0) is 0 Å². The van der Waals surface area contributed by atoms with Crippen LogP contribution in [0.5, 0.6) is 0 Å². The summed E-state index contributed by atoms with van der Waals surface area (Å²) in [5.41, 5.74) is 1.98. The number of aromatic nitrogens is 2. The Bertz CT molecular complexity index is 564. The summed E-state index contributed by atoms with van der Waals surface area (Å²) >= 11 is 0. The summed E-state index contributed by atoms with van der Waals surface area (Å²) in [7, 11) is 0. The van der Waals surface area contributed by atoms with Gasteiger partial charge in [-0.05, 0) is 11.6 Å². The molecule has 0 radical (unpaired) electrons. The molecular weight excluding hydrogens is 220 g/mol. The van der Waals surface area contributed by atoms with Crippen LogP contribution >= 0.6 is 0 Å². The van der Waals surface area contributed by atoms with E-state index in [1.807, 2.05) is 0 Å². The standard InChI is InChI=1S/C12H8N2O3/c15-7-8-2-1-3-9(4-8)10-5-13-11(12(16)17)14-6-10/h1-7H,(H,16,17). The Balaban J connectivity index is 2.39. The molecule has 1 heterocycles. The zero-order chi connectivity index (χ0) is 12.3. The average Bonchev–Trinajstić information content (AvgIpc) is 2.39. The summed E-state index contributed by atoms with van der Waals surface area (Å²) < 4.78 is 0. The van der Waals surface area contributed by atoms with Crippen LogP contribution < -0.4 is 0 Å². The van der Waals surface area contributed by atoms with Crippen molar-refractivity contribution in [1.29, 1.82) is 0 Å². The van der Waals surface area contributed by atoms with Crippen LogP contribution in [0, 0.1) is 0 Å². The van der Waals surface area contributed by atoms with Crippen LogP contribution in [0.25, 0.3) is 11.1 Å². The molecule has 84 valence electrons. The molecule has 5 heteroatoms. The highest BCUT2D eigenvalue weighted by Gasteiger charge is 2.06. The molecule has 0 aliphatic heterocycles. The van der Waals surface area contributed by atoms with Crippen LogP contribution in [0.4, 0.5) is 0 Å². The average molecular weight is 228 g/mol. The first-order valence-electron chi connectivity index (χ1n) is 4.81. The van der Waals surface area contributed by atoms with Crippen molar-refractivity contribution in [3.8, 4) is 11.1 Å². The molecule has 1 N–H and O–H groups in total. The topological polar surface area (TPSA) is 80.2 Å². The number of hydrogen-bond acceptors (Lipinski definition) is 4. The molecule has 5 nitrogen and oxygen atoms in total. The van der Waals surface area contributed by atoms with E-state index in [9.17, 15) is 9.59 Å². The molecule has 1 aromatic heterocycles. The number of carboxylic acid groups (broad SMARTS) is 1. The predicted octanol–water partition coefficient (Wildman–Crippen LogP) is 1.65. The lowest BCUT2D eigenvalue weighted by Gasteiger charge is -2.01. The Morgan fingerprint density at radius 3 is 2.47 bits per heavy atom. The van der Waals surface area contributed by atoms with E-state index < -0.39 is 5.97 Å². The molecule has 0 aliphatic rings. The second-order valence-electron chi connectivity index (χ2n) is 3.34. The number of aldehydes is 1. The number of rotatable bonds is 3. The third kappa shape index (κ3) is 2.34. The molecule has 0 unspecified atom stereocenters. The highest BCUT2D eigenvalue weighted by Crippen LogP contribution is 2.18. The molecule has 0 amide bonds. The van der Waals surface area contributed by atoms with E-state index in [-0.39, 0.29) is 5.82 Å². The first-order valence-corrected chi connectivity index (χ1v) is 4.81. The Morgan fingerprint density at radius 1 is 1.18 bits per heavy atom. The lowest BCUT2D eigenvalue weighted by atomic mass is 10.1. The van der Waals surface area contributed by atoms with Gasteiger partial charge >= 0.3 is 5.97 Å². The third-order valence-corrected chi connectivity index (χ3v) is 2.20. The number of nitrogens with zero attached hydrogens (tertiary/aromatic N) is 2. The maximum absolute atomic E-state index is 10.6. The van der Waals surface area contributed by atoms with Gasteiger partial charge in [0.15, 0.2) is 0 Å². The first-order chi connectivity index (χ1) is 8.20. The SMILES string of the molecule is O=Cc1cccc(-c2cnc(C(=O)O)nc2)c1. The number of carboxylic acids is 1. The van der Waals surface area contributed by atoms with E-state index in [1.165, 1.54) is 12.4 Å². The number of aromatic carboxylic acids is 1. The highest BCUT2D eigenvalue weighted by atomic mass is 16.4. The van der Waals surface area contributed by atoms with Crippen molar-refractivity contribution in [2.75, 3.05) is 0 Å². The van der Waals surface area contributed by atoms with Crippen LogP contribution in [0.15, 0.2) is 36.7 Å². The van der Waals surface area contributed by atoms with Crippen LogP contribution in [0.1, 0.15) is 21.0 Å². The van der Waals surface area contributed by atoms with Crippen molar-refractivity contribution < 1.29 is 14.7 Å². The van der Waals surface area contributed by atoms with Gasteiger partial charge in [-0.2, -0.15) is 0 Å². The van der Waals surface area contributed by atoms with Gasteiger partial charge in [-0.3, -0.25) is 4.79 Å². The second kappa shape index (κ2) is 4.52. The van der Waals surface area contributed by atoms with E-state index >= 15 is 0 Å². The lowest BCUT2D eigenvalue weighted by Crippen LogP contribution is -2.03. The smallest absolute Gasteiger partial charge is 0.373 e. The highest BCUT2D eigenvalue weighted by molar-refractivity contribution is 5.83. The van der Waals surface area contributed by atoms with Crippen molar-refractivity contribution in [2.45, 2.75) is 0 Å². The van der Waals surface area contributed by atoms with Gasteiger partial charge in [-0.25, -0.2) is 14.8 Å². The molecule has 0 spiro atoms. The van der Waals surface area contributed by atoms with Crippen LogP contribution in [0.3, 0.4) is 0 Å². The third-order valence-electron chi connectivity index (χ3n) is 2.20. The van der Waals surface area contributed by atoms with Crippen molar-refractivity contribution in [1.82, 2.24) is 9.97 Å². The van der Waals surface area contributed by atoms with Gasteiger partial charge in [-0.1, -0.05) is 18.2 Å². The summed E-state index contributed by atoms with van der Waals surface area (Å²) in [5, 5.41) is 8.66. The molecule has 0 atom stereocenters. The fourth-order valence-electron chi connectivity index (χ4n) is 1.38. The summed E-state index contributed by atoms with van der Waals surface area (Å²) in [6.45, 7) is 0. The monoisotopic (exact) mass is 228 g/mol. The minimum atomic E-state index is -1.17. The van der Waals surface area contributed by atoms with Crippen molar-refractivity contribution in [3.63, 3.8) is 0 Å². The first kappa shape index (κ1) is 10.9. The molecule has 0 saturated heterocycles. The minimum Gasteiger partial charge on any atom is -0.475 e. The molecule has 0 aliphatic carbocycles. The summed E-state index contributed by atoms with van der Waals surface area (Å²) in [5.74, 6) is -1.42. The van der Waals surface area contributed by atoms with Gasteiger partial charge in [0.2, 0.25) is 5.82 Å². The van der Waals surface area contributed by atoms with Crippen molar-refractivity contribution in [3.05, 3.63) is 48.0 Å². The predicted molar refractivity (Wildman–Crippen MR) is 59.8 cm³/mol. The lowest BCUT2D eigenvalue weighted by molar-refractivity contribution is 0.0683. The van der Waals surface area contributed by atoms with E-state index in [0.717, 1.165) is 11.8 Å².